The van der Waals surface area contributed by atoms with Gasteiger partial charge in [-0.3, -0.25) is 9.48 Å². The Morgan fingerprint density at radius 1 is 1.47 bits per heavy atom. The molecule has 0 atom stereocenters. The van der Waals surface area contributed by atoms with Crippen molar-refractivity contribution in [2.24, 2.45) is 7.05 Å². The van der Waals surface area contributed by atoms with Crippen molar-refractivity contribution in [1.29, 1.82) is 0 Å². The monoisotopic (exact) mass is 330 g/mol. The van der Waals surface area contributed by atoms with E-state index in [1.165, 1.54) is 10.7 Å². The zero-order valence-electron chi connectivity index (χ0n) is 9.82. The zero-order valence-corrected chi connectivity index (χ0v) is 11.4. The van der Waals surface area contributed by atoms with E-state index in [0.29, 0.717) is 10.2 Å². The van der Waals surface area contributed by atoms with Crippen LogP contribution in [0.25, 0.3) is 11.3 Å². The summed E-state index contributed by atoms with van der Waals surface area (Å²) in [5, 5.41) is 12.8. The third-order valence-corrected chi connectivity index (χ3v) is 3.39. The average molecular weight is 331 g/mol. The maximum atomic E-state index is 13.7. The number of aromatic nitrogens is 2. The van der Waals surface area contributed by atoms with Crippen molar-refractivity contribution in [2.45, 2.75) is 6.42 Å². The molecule has 0 radical (unpaired) electrons. The highest BCUT2D eigenvalue weighted by molar-refractivity contribution is 9.10. The highest BCUT2D eigenvalue weighted by Crippen LogP contribution is 2.32. The lowest BCUT2D eigenvalue weighted by molar-refractivity contribution is -0.136. The summed E-state index contributed by atoms with van der Waals surface area (Å²) in [7, 11) is 1.56. The van der Waals surface area contributed by atoms with Gasteiger partial charge in [0.15, 0.2) is 0 Å². The second kappa shape index (κ2) is 5.08. The summed E-state index contributed by atoms with van der Waals surface area (Å²) in [6.07, 6.45) is -0.281. The predicted octanol–water partition coefficient (Wildman–Crippen LogP) is 2.75. The van der Waals surface area contributed by atoms with Gasteiger partial charge in [0.1, 0.15) is 11.6 Å². The zero-order chi connectivity index (χ0) is 14.2. The number of nitrogens with zero attached hydrogens (tertiary/aromatic N) is 2. The van der Waals surface area contributed by atoms with E-state index in [-0.39, 0.29) is 17.7 Å². The van der Waals surface area contributed by atoms with Crippen molar-refractivity contribution < 1.29 is 18.7 Å². The molecule has 0 unspecified atom stereocenters. The minimum atomic E-state index is -1.04. The Kier molecular flexibility index (Phi) is 3.66. The fourth-order valence-electron chi connectivity index (χ4n) is 1.78. The standard InChI is InChI=1S/C12H9BrF2N2O2/c1-17-12(7-3-2-6(14)4-8(7)15)11(13)9(16-17)5-10(18)19/h2-4H,5H2,1H3,(H,18,19). The van der Waals surface area contributed by atoms with Crippen LogP contribution in [-0.2, 0) is 18.3 Å². The quantitative estimate of drug-likeness (QED) is 0.941. The van der Waals surface area contributed by atoms with Crippen molar-refractivity contribution in [1.82, 2.24) is 9.78 Å². The lowest BCUT2D eigenvalue weighted by Crippen LogP contribution is -2.02. The second-order valence-electron chi connectivity index (χ2n) is 3.93. The maximum Gasteiger partial charge on any atom is 0.309 e. The van der Waals surface area contributed by atoms with E-state index in [9.17, 15) is 13.6 Å². The smallest absolute Gasteiger partial charge is 0.309 e. The first-order chi connectivity index (χ1) is 8.90. The molecule has 100 valence electrons. The Hall–Kier alpha value is -1.76. The van der Waals surface area contributed by atoms with Gasteiger partial charge in [-0.05, 0) is 28.1 Å². The first-order valence-electron chi connectivity index (χ1n) is 5.28. The van der Waals surface area contributed by atoms with Crippen molar-refractivity contribution in [3.05, 3.63) is 40.0 Å². The predicted molar refractivity (Wildman–Crippen MR) is 67.6 cm³/mol. The number of benzene rings is 1. The average Bonchev–Trinajstić information content (AvgIpc) is 2.55. The summed E-state index contributed by atoms with van der Waals surface area (Å²) >= 11 is 3.21. The van der Waals surface area contributed by atoms with Gasteiger partial charge in [0.25, 0.3) is 0 Å². The van der Waals surface area contributed by atoms with Crippen LogP contribution in [0.2, 0.25) is 0 Å². The van der Waals surface area contributed by atoms with E-state index < -0.39 is 17.6 Å². The lowest BCUT2D eigenvalue weighted by Gasteiger charge is -2.04. The number of rotatable bonds is 3. The third-order valence-electron chi connectivity index (χ3n) is 2.56. The molecule has 0 spiro atoms. The molecule has 4 nitrogen and oxygen atoms in total. The van der Waals surface area contributed by atoms with Crippen LogP contribution < -0.4 is 0 Å². The van der Waals surface area contributed by atoms with Crippen LogP contribution in [0.3, 0.4) is 0 Å². The number of carboxylic acid groups (broad SMARTS) is 1. The highest BCUT2D eigenvalue weighted by Gasteiger charge is 2.20. The molecule has 0 fully saturated rings. The van der Waals surface area contributed by atoms with Gasteiger partial charge in [0.05, 0.1) is 22.3 Å². The van der Waals surface area contributed by atoms with Crippen LogP contribution in [0.15, 0.2) is 22.7 Å². The van der Waals surface area contributed by atoms with Gasteiger partial charge in [-0.15, -0.1) is 0 Å². The first-order valence-corrected chi connectivity index (χ1v) is 6.08. The van der Waals surface area contributed by atoms with Gasteiger partial charge >= 0.3 is 5.97 Å². The van der Waals surface area contributed by atoms with Gasteiger partial charge in [-0.1, -0.05) is 0 Å². The molecule has 0 aliphatic carbocycles. The Morgan fingerprint density at radius 3 is 2.74 bits per heavy atom. The van der Waals surface area contributed by atoms with E-state index in [2.05, 4.69) is 21.0 Å². The fraction of sp³-hybridized carbons (Fsp3) is 0.167. The summed E-state index contributed by atoms with van der Waals surface area (Å²) in [5.41, 5.74) is 0.808. The Balaban J connectivity index is 2.56. The molecule has 2 aromatic rings. The van der Waals surface area contributed by atoms with Gasteiger partial charge in [-0.2, -0.15) is 5.10 Å². The number of hydrogen-bond acceptors (Lipinski definition) is 2. The Labute approximate surface area is 115 Å². The van der Waals surface area contributed by atoms with Crippen molar-refractivity contribution in [3.8, 4) is 11.3 Å². The highest BCUT2D eigenvalue weighted by atomic mass is 79.9. The molecule has 0 bridgehead atoms. The van der Waals surface area contributed by atoms with Gasteiger partial charge in [0, 0.05) is 18.7 Å². The summed E-state index contributed by atoms with van der Waals surface area (Å²) in [6, 6.07) is 3.19. The largest absolute Gasteiger partial charge is 0.481 e. The van der Waals surface area contributed by atoms with Crippen LogP contribution >= 0.6 is 15.9 Å². The van der Waals surface area contributed by atoms with Crippen LogP contribution in [0.4, 0.5) is 8.78 Å². The summed E-state index contributed by atoms with van der Waals surface area (Å²) in [4.78, 5) is 10.7. The molecule has 0 saturated heterocycles. The molecule has 0 aliphatic heterocycles. The molecular formula is C12H9BrF2N2O2. The minimum absolute atomic E-state index is 0.153. The molecule has 1 aromatic carbocycles. The Bertz CT molecular complexity index is 655. The lowest BCUT2D eigenvalue weighted by atomic mass is 10.1. The van der Waals surface area contributed by atoms with Gasteiger partial charge in [-0.25, -0.2) is 8.78 Å². The topological polar surface area (TPSA) is 55.1 Å². The van der Waals surface area contributed by atoms with E-state index in [1.54, 1.807) is 7.05 Å². The first kappa shape index (κ1) is 13.7. The number of aliphatic carboxylic acids is 1. The molecule has 0 saturated carbocycles. The molecule has 19 heavy (non-hydrogen) atoms. The normalized spacial score (nSPS) is 10.7. The number of aryl methyl sites for hydroxylation is 1. The van der Waals surface area contributed by atoms with E-state index >= 15 is 0 Å². The molecular weight excluding hydrogens is 322 g/mol. The molecule has 0 aliphatic rings. The van der Waals surface area contributed by atoms with Crippen LogP contribution in [0.5, 0.6) is 0 Å². The van der Waals surface area contributed by atoms with Crippen LogP contribution in [-0.4, -0.2) is 20.9 Å². The number of halogens is 3. The number of carboxylic acids is 1. The van der Waals surface area contributed by atoms with Gasteiger partial charge < -0.3 is 5.11 Å². The molecule has 1 heterocycles. The minimum Gasteiger partial charge on any atom is -0.481 e. The molecule has 1 aromatic heterocycles. The van der Waals surface area contributed by atoms with E-state index in [4.69, 9.17) is 5.11 Å². The van der Waals surface area contributed by atoms with Crippen molar-refractivity contribution >= 4 is 21.9 Å². The SMILES string of the molecule is Cn1nc(CC(=O)O)c(Br)c1-c1ccc(F)cc1F. The summed E-state index contributed by atoms with van der Waals surface area (Å²) in [5.74, 6) is -2.44. The third kappa shape index (κ3) is 2.65. The van der Waals surface area contributed by atoms with E-state index in [0.717, 1.165) is 12.1 Å². The van der Waals surface area contributed by atoms with Gasteiger partial charge in [0.2, 0.25) is 0 Å². The number of carbonyl (C=O) groups is 1. The summed E-state index contributed by atoms with van der Waals surface area (Å²) < 4.78 is 28.4. The Morgan fingerprint density at radius 2 is 2.16 bits per heavy atom. The second-order valence-corrected chi connectivity index (χ2v) is 4.72. The van der Waals surface area contributed by atoms with Crippen molar-refractivity contribution in [2.75, 3.05) is 0 Å². The molecule has 7 heteroatoms. The van der Waals surface area contributed by atoms with E-state index in [1.807, 2.05) is 0 Å². The molecule has 1 N–H and O–H groups in total. The van der Waals surface area contributed by atoms with Crippen molar-refractivity contribution in [3.63, 3.8) is 0 Å². The van der Waals surface area contributed by atoms with Crippen LogP contribution in [0, 0.1) is 11.6 Å². The number of hydrogen-bond donors (Lipinski definition) is 1. The molecule has 2 rings (SSSR count). The van der Waals surface area contributed by atoms with Crippen LogP contribution in [0.1, 0.15) is 5.69 Å². The fourth-order valence-corrected chi connectivity index (χ4v) is 2.47. The maximum absolute atomic E-state index is 13.7. The molecule has 0 amide bonds. The summed E-state index contributed by atoms with van der Waals surface area (Å²) in [6.45, 7) is 0.